The summed E-state index contributed by atoms with van der Waals surface area (Å²) in [6.07, 6.45) is -2.39. The van der Waals surface area contributed by atoms with E-state index in [-0.39, 0.29) is 29.7 Å². The summed E-state index contributed by atoms with van der Waals surface area (Å²) in [5, 5.41) is 9.97. The van der Waals surface area contributed by atoms with E-state index in [0.29, 0.717) is 24.1 Å². The molecule has 30 heavy (non-hydrogen) atoms. The number of hydrogen-bond acceptors (Lipinski definition) is 4. The van der Waals surface area contributed by atoms with Crippen molar-refractivity contribution in [1.82, 2.24) is 10.6 Å². The van der Waals surface area contributed by atoms with Gasteiger partial charge in [0.15, 0.2) is 12.6 Å². The minimum Gasteiger partial charge on any atom is -0.484 e. The van der Waals surface area contributed by atoms with E-state index < -0.39 is 12.8 Å². The van der Waals surface area contributed by atoms with Crippen LogP contribution >= 0.6 is 35.3 Å². The molecule has 1 fully saturated rings. The van der Waals surface area contributed by atoms with Crippen LogP contribution < -0.4 is 20.3 Å². The quantitative estimate of drug-likeness (QED) is 0.311. The lowest BCUT2D eigenvalue weighted by atomic mass is 10.1. The van der Waals surface area contributed by atoms with E-state index in [9.17, 15) is 13.2 Å². The average molecular weight is 554 g/mol. The van der Waals surface area contributed by atoms with Crippen molar-refractivity contribution in [3.63, 3.8) is 0 Å². The minimum atomic E-state index is -4.36. The van der Waals surface area contributed by atoms with E-state index >= 15 is 0 Å². The molecule has 166 valence electrons. The van der Waals surface area contributed by atoms with Crippen LogP contribution in [-0.2, 0) is 6.54 Å². The van der Waals surface area contributed by atoms with Gasteiger partial charge >= 0.3 is 6.18 Å². The number of hydrogen-bond donors (Lipinski definition) is 2. The van der Waals surface area contributed by atoms with Gasteiger partial charge in [-0.2, -0.15) is 13.2 Å². The molecule has 2 aromatic rings. The number of halogens is 4. The highest BCUT2D eigenvalue weighted by Gasteiger charge is 2.28. The van der Waals surface area contributed by atoms with Crippen LogP contribution in [-0.4, -0.2) is 44.9 Å². The number of thiophene rings is 1. The molecule has 1 aliphatic heterocycles. The smallest absolute Gasteiger partial charge is 0.422 e. The van der Waals surface area contributed by atoms with Gasteiger partial charge in [-0.05, 0) is 36.4 Å². The number of anilines is 1. The third-order valence-corrected chi connectivity index (χ3v) is 5.62. The maximum Gasteiger partial charge on any atom is 0.422 e. The fraction of sp³-hybridized carbons (Fsp3) is 0.450. The molecule has 1 saturated heterocycles. The summed E-state index contributed by atoms with van der Waals surface area (Å²) < 4.78 is 42.3. The first kappa shape index (κ1) is 24.6. The van der Waals surface area contributed by atoms with Gasteiger partial charge in [0, 0.05) is 38.3 Å². The monoisotopic (exact) mass is 554 g/mol. The molecule has 0 radical (unpaired) electrons. The zero-order valence-corrected chi connectivity index (χ0v) is 19.8. The zero-order chi connectivity index (χ0) is 20.7. The van der Waals surface area contributed by atoms with Crippen molar-refractivity contribution in [2.45, 2.75) is 31.6 Å². The molecule has 5 nitrogen and oxygen atoms in total. The number of ether oxygens (including phenoxy) is 1. The van der Waals surface area contributed by atoms with E-state index in [1.54, 1.807) is 42.6 Å². The van der Waals surface area contributed by atoms with Crippen LogP contribution in [0, 0.1) is 0 Å². The predicted molar refractivity (Wildman–Crippen MR) is 126 cm³/mol. The zero-order valence-electron chi connectivity index (χ0n) is 16.6. The molecule has 2 N–H and O–H groups in total. The maximum atomic E-state index is 12.4. The standard InChI is InChI=1S/C20H25F3N4OS.HI/c1-24-19(26-16-8-10-27(11-9-16)18-7-4-12-29-18)25-13-15-5-2-3-6-17(15)28-14-20(21,22)23;/h2-7,12,16H,8-11,13-14H2,1H3,(H2,24,25,26);1H. The Balaban J connectivity index is 0.00000320. The molecule has 0 saturated carbocycles. The van der Waals surface area contributed by atoms with Gasteiger partial charge in [-0.25, -0.2) is 0 Å². The fourth-order valence-corrected chi connectivity index (χ4v) is 4.00. The Labute approximate surface area is 195 Å². The van der Waals surface area contributed by atoms with Crippen LogP contribution in [0.3, 0.4) is 0 Å². The number of para-hydroxylation sites is 1. The van der Waals surface area contributed by atoms with Gasteiger partial charge in [0.25, 0.3) is 0 Å². The van der Waals surface area contributed by atoms with Crippen molar-refractivity contribution < 1.29 is 17.9 Å². The molecule has 0 atom stereocenters. The summed E-state index contributed by atoms with van der Waals surface area (Å²) in [6.45, 7) is 0.966. The summed E-state index contributed by atoms with van der Waals surface area (Å²) in [7, 11) is 1.68. The SMILES string of the molecule is CN=C(NCc1ccccc1OCC(F)(F)F)NC1CCN(c2cccs2)CC1.I. The van der Waals surface area contributed by atoms with Crippen LogP contribution in [0.2, 0.25) is 0 Å². The lowest BCUT2D eigenvalue weighted by Crippen LogP contribution is -2.48. The molecule has 1 aromatic carbocycles. The summed E-state index contributed by atoms with van der Waals surface area (Å²) in [4.78, 5) is 6.63. The van der Waals surface area contributed by atoms with E-state index in [0.717, 1.165) is 25.9 Å². The predicted octanol–water partition coefficient (Wildman–Crippen LogP) is 4.64. The Morgan fingerprint density at radius 3 is 2.57 bits per heavy atom. The molecule has 3 rings (SSSR count). The van der Waals surface area contributed by atoms with Crippen molar-refractivity contribution >= 4 is 46.3 Å². The first-order valence-electron chi connectivity index (χ1n) is 9.47. The number of benzene rings is 1. The number of nitrogens with zero attached hydrogens (tertiary/aromatic N) is 2. The number of nitrogens with one attached hydrogen (secondary N) is 2. The lowest BCUT2D eigenvalue weighted by Gasteiger charge is -2.33. The second-order valence-corrected chi connectivity index (χ2v) is 7.72. The second kappa shape index (κ2) is 11.6. The largest absolute Gasteiger partial charge is 0.484 e. The molecule has 0 amide bonds. The molecule has 0 unspecified atom stereocenters. The Morgan fingerprint density at radius 1 is 1.20 bits per heavy atom. The van der Waals surface area contributed by atoms with Gasteiger partial charge in [-0.15, -0.1) is 35.3 Å². The minimum absolute atomic E-state index is 0. The van der Waals surface area contributed by atoms with Crippen LogP contribution in [0.25, 0.3) is 0 Å². The lowest BCUT2D eigenvalue weighted by molar-refractivity contribution is -0.153. The Bertz CT molecular complexity index is 794. The van der Waals surface area contributed by atoms with Gasteiger partial charge in [0.05, 0.1) is 5.00 Å². The summed E-state index contributed by atoms with van der Waals surface area (Å²) in [5.41, 5.74) is 0.646. The number of rotatable bonds is 6. The number of piperidine rings is 1. The van der Waals surface area contributed by atoms with Gasteiger partial charge < -0.3 is 20.3 Å². The molecule has 0 bridgehead atoms. The Hall–Kier alpha value is -1.69. The van der Waals surface area contributed by atoms with Crippen LogP contribution in [0.4, 0.5) is 18.2 Å². The van der Waals surface area contributed by atoms with Gasteiger partial charge in [-0.1, -0.05) is 18.2 Å². The highest BCUT2D eigenvalue weighted by atomic mass is 127. The van der Waals surface area contributed by atoms with Crippen molar-refractivity contribution in [3.8, 4) is 5.75 Å². The van der Waals surface area contributed by atoms with Gasteiger partial charge in [0.1, 0.15) is 5.75 Å². The second-order valence-electron chi connectivity index (χ2n) is 6.79. The van der Waals surface area contributed by atoms with E-state index in [4.69, 9.17) is 4.74 Å². The van der Waals surface area contributed by atoms with Crippen LogP contribution in [0.1, 0.15) is 18.4 Å². The van der Waals surface area contributed by atoms with Crippen LogP contribution in [0.5, 0.6) is 5.75 Å². The van der Waals surface area contributed by atoms with Gasteiger partial charge in [0.2, 0.25) is 0 Å². The fourth-order valence-electron chi connectivity index (χ4n) is 3.21. The summed E-state index contributed by atoms with van der Waals surface area (Å²) >= 11 is 1.75. The molecule has 0 aliphatic carbocycles. The third kappa shape index (κ3) is 7.53. The van der Waals surface area contributed by atoms with E-state index in [1.165, 1.54) is 5.00 Å². The first-order valence-corrected chi connectivity index (χ1v) is 10.4. The topological polar surface area (TPSA) is 48.9 Å². The average Bonchev–Trinajstić information content (AvgIpc) is 3.25. The van der Waals surface area contributed by atoms with Crippen molar-refractivity contribution in [1.29, 1.82) is 0 Å². The van der Waals surface area contributed by atoms with Crippen molar-refractivity contribution in [2.75, 3.05) is 31.6 Å². The Morgan fingerprint density at radius 2 is 1.93 bits per heavy atom. The summed E-state index contributed by atoms with van der Waals surface area (Å²) in [6, 6.07) is 11.2. The molecule has 1 aromatic heterocycles. The summed E-state index contributed by atoms with van der Waals surface area (Å²) in [5.74, 6) is 0.849. The normalized spacial score (nSPS) is 15.5. The number of alkyl halides is 3. The third-order valence-electron chi connectivity index (χ3n) is 4.69. The van der Waals surface area contributed by atoms with Crippen molar-refractivity contribution in [3.05, 3.63) is 47.3 Å². The molecular weight excluding hydrogens is 528 g/mol. The number of guanidine groups is 1. The molecule has 0 spiro atoms. The van der Waals surface area contributed by atoms with Crippen LogP contribution in [0.15, 0.2) is 46.8 Å². The van der Waals surface area contributed by atoms with Gasteiger partial charge in [-0.3, -0.25) is 4.99 Å². The highest BCUT2D eigenvalue weighted by Crippen LogP contribution is 2.25. The maximum absolute atomic E-state index is 12.4. The highest BCUT2D eigenvalue weighted by molar-refractivity contribution is 14.0. The molecule has 2 heterocycles. The van der Waals surface area contributed by atoms with E-state index in [1.807, 2.05) is 0 Å². The van der Waals surface area contributed by atoms with E-state index in [2.05, 4.69) is 38.0 Å². The number of aliphatic imine (C=N–C) groups is 1. The van der Waals surface area contributed by atoms with Crippen molar-refractivity contribution in [2.24, 2.45) is 4.99 Å². The first-order chi connectivity index (χ1) is 13.9. The molecule has 10 heteroatoms. The molecular formula is C20H26F3IN4OS. The Kier molecular flexibility index (Phi) is 9.53. The molecule has 1 aliphatic rings.